The summed E-state index contributed by atoms with van der Waals surface area (Å²) in [4.78, 5) is 19.7. The molecule has 7 heteroatoms. The molecule has 0 aliphatic carbocycles. The van der Waals surface area contributed by atoms with Crippen LogP contribution in [0.2, 0.25) is 0 Å². The molecule has 1 aromatic heterocycles. The molecule has 0 aliphatic heterocycles. The largest absolute Gasteiger partial charge is 0.493 e. The van der Waals surface area contributed by atoms with Crippen LogP contribution >= 0.6 is 11.8 Å². The summed E-state index contributed by atoms with van der Waals surface area (Å²) in [6.07, 6.45) is 7.61. The van der Waals surface area contributed by atoms with Gasteiger partial charge in [-0.25, -0.2) is 10.4 Å². The monoisotopic (exact) mass is 424 g/mol. The van der Waals surface area contributed by atoms with E-state index in [0.29, 0.717) is 11.8 Å². The van der Waals surface area contributed by atoms with Crippen LogP contribution in [0.4, 0.5) is 0 Å². The van der Waals surface area contributed by atoms with Crippen LogP contribution in [0, 0.1) is 0 Å². The summed E-state index contributed by atoms with van der Waals surface area (Å²) in [5.74, 6) is 0.821. The van der Waals surface area contributed by atoms with Crippen LogP contribution in [0.25, 0.3) is 11.0 Å². The molecule has 0 bridgehead atoms. The molecule has 6 nitrogen and oxygen atoms in total. The Morgan fingerprint density at radius 3 is 2.80 bits per heavy atom. The maximum Gasteiger partial charge on any atom is 0.250 e. The maximum atomic E-state index is 12.1. The molecule has 1 heterocycles. The number of rotatable bonds is 12. The zero-order valence-corrected chi connectivity index (χ0v) is 18.1. The number of nitrogens with one attached hydrogen (secondary N) is 2. The number of carbonyl (C=O) groups excluding carboxylic acids is 1. The van der Waals surface area contributed by atoms with E-state index in [9.17, 15) is 4.79 Å². The van der Waals surface area contributed by atoms with Gasteiger partial charge in [0, 0.05) is 5.56 Å². The molecule has 1 amide bonds. The van der Waals surface area contributed by atoms with Crippen LogP contribution < -0.4 is 10.2 Å². The van der Waals surface area contributed by atoms with Gasteiger partial charge < -0.3 is 9.72 Å². The molecule has 0 radical (unpaired) electrons. The highest BCUT2D eigenvalue weighted by molar-refractivity contribution is 7.99. The molecule has 3 aromatic rings. The van der Waals surface area contributed by atoms with E-state index < -0.39 is 0 Å². The van der Waals surface area contributed by atoms with Crippen molar-refractivity contribution in [3.8, 4) is 5.75 Å². The van der Waals surface area contributed by atoms with Crippen LogP contribution in [-0.4, -0.2) is 34.4 Å². The van der Waals surface area contributed by atoms with Crippen molar-refractivity contribution >= 4 is 34.9 Å². The fourth-order valence-electron chi connectivity index (χ4n) is 2.94. The molecule has 0 unspecified atom stereocenters. The van der Waals surface area contributed by atoms with Crippen molar-refractivity contribution in [2.45, 2.75) is 44.2 Å². The number of carbonyl (C=O) groups is 1. The smallest absolute Gasteiger partial charge is 0.250 e. The number of amides is 1. The highest BCUT2D eigenvalue weighted by Gasteiger charge is 2.06. The van der Waals surface area contributed by atoms with Crippen LogP contribution in [-0.2, 0) is 4.79 Å². The lowest BCUT2D eigenvalue weighted by atomic mass is 10.2. The lowest BCUT2D eigenvalue weighted by Gasteiger charge is -2.08. The number of ether oxygens (including phenoxy) is 1. The first-order valence-corrected chi connectivity index (χ1v) is 11.4. The van der Waals surface area contributed by atoms with E-state index in [1.807, 2.05) is 48.5 Å². The van der Waals surface area contributed by atoms with Gasteiger partial charge in [-0.2, -0.15) is 5.10 Å². The lowest BCUT2D eigenvalue weighted by Crippen LogP contribution is -2.19. The van der Waals surface area contributed by atoms with Crippen molar-refractivity contribution in [3.63, 3.8) is 0 Å². The maximum absolute atomic E-state index is 12.1. The number of imidazole rings is 1. The number of H-pyrrole nitrogens is 1. The van der Waals surface area contributed by atoms with Crippen molar-refractivity contribution in [2.24, 2.45) is 5.10 Å². The molecule has 158 valence electrons. The van der Waals surface area contributed by atoms with Crippen molar-refractivity contribution in [3.05, 3.63) is 54.1 Å². The van der Waals surface area contributed by atoms with Crippen LogP contribution in [0.15, 0.2) is 58.8 Å². The predicted octanol–water partition coefficient (Wildman–Crippen LogP) is 5.15. The third kappa shape index (κ3) is 6.91. The van der Waals surface area contributed by atoms with E-state index in [-0.39, 0.29) is 11.7 Å². The van der Waals surface area contributed by atoms with Crippen LogP contribution in [0.1, 0.15) is 44.6 Å². The fourth-order valence-corrected chi connectivity index (χ4v) is 3.62. The number of fused-ring (bicyclic) bond motifs is 1. The van der Waals surface area contributed by atoms with E-state index in [2.05, 4.69) is 27.4 Å². The first-order valence-electron chi connectivity index (χ1n) is 10.4. The molecule has 0 saturated heterocycles. The molecule has 0 atom stereocenters. The van der Waals surface area contributed by atoms with Crippen molar-refractivity contribution < 1.29 is 9.53 Å². The minimum Gasteiger partial charge on any atom is -0.493 e. The van der Waals surface area contributed by atoms with Gasteiger partial charge in [-0.3, -0.25) is 4.79 Å². The van der Waals surface area contributed by atoms with Crippen molar-refractivity contribution in [2.75, 3.05) is 12.4 Å². The van der Waals surface area contributed by atoms with Crippen molar-refractivity contribution in [1.29, 1.82) is 0 Å². The summed E-state index contributed by atoms with van der Waals surface area (Å²) in [6, 6.07) is 15.5. The van der Waals surface area contributed by atoms with E-state index in [4.69, 9.17) is 4.74 Å². The topological polar surface area (TPSA) is 79.4 Å². The van der Waals surface area contributed by atoms with Gasteiger partial charge in [0.2, 0.25) is 0 Å². The average Bonchev–Trinajstić information content (AvgIpc) is 3.19. The Labute approximate surface area is 181 Å². The number of hydrogen-bond donors (Lipinski definition) is 2. The highest BCUT2D eigenvalue weighted by atomic mass is 32.2. The number of thioether (sulfide) groups is 1. The Hall–Kier alpha value is -2.80. The molecule has 30 heavy (non-hydrogen) atoms. The van der Waals surface area contributed by atoms with Crippen molar-refractivity contribution in [1.82, 2.24) is 15.4 Å². The minimum absolute atomic E-state index is 0.189. The third-order valence-electron chi connectivity index (χ3n) is 4.52. The average molecular weight is 425 g/mol. The van der Waals surface area contributed by atoms with Gasteiger partial charge in [0.1, 0.15) is 5.75 Å². The number of benzene rings is 2. The van der Waals surface area contributed by atoms with Gasteiger partial charge in [-0.1, -0.05) is 68.6 Å². The molecule has 3 rings (SSSR count). The summed E-state index contributed by atoms with van der Waals surface area (Å²) in [6.45, 7) is 2.90. The third-order valence-corrected chi connectivity index (χ3v) is 5.40. The number of hydrazone groups is 1. The Morgan fingerprint density at radius 2 is 1.93 bits per heavy atom. The second kappa shape index (κ2) is 12.0. The van der Waals surface area contributed by atoms with E-state index in [1.54, 1.807) is 6.21 Å². The lowest BCUT2D eigenvalue weighted by molar-refractivity contribution is -0.118. The van der Waals surface area contributed by atoms with E-state index in [0.717, 1.165) is 28.8 Å². The Kier molecular flexibility index (Phi) is 8.78. The quantitative estimate of drug-likeness (QED) is 0.182. The zero-order valence-electron chi connectivity index (χ0n) is 17.3. The standard InChI is InChI=1S/C23H28N4O2S/c1-2-3-4-5-10-15-29-21-14-9-6-11-18(21)16-24-27-22(28)17-30-23-25-19-12-7-8-13-20(19)26-23/h6-9,11-14,16H,2-5,10,15,17H2,1H3,(H,25,26)(H,27,28)/b24-16-. The molecule has 0 spiro atoms. The van der Waals surface area contributed by atoms with Gasteiger partial charge in [0.25, 0.3) is 5.91 Å². The molecule has 0 aliphatic rings. The summed E-state index contributed by atoms with van der Waals surface area (Å²) in [7, 11) is 0. The summed E-state index contributed by atoms with van der Waals surface area (Å²) < 4.78 is 5.89. The van der Waals surface area contributed by atoms with Gasteiger partial charge in [-0.15, -0.1) is 0 Å². The normalized spacial score (nSPS) is 11.2. The Bertz CT molecular complexity index is 938. The minimum atomic E-state index is -0.189. The molecular weight excluding hydrogens is 396 g/mol. The van der Waals surface area contributed by atoms with Crippen LogP contribution in [0.3, 0.4) is 0 Å². The Balaban J connectivity index is 1.43. The first-order chi connectivity index (χ1) is 14.8. The second-order valence-corrected chi connectivity index (χ2v) is 7.91. The molecule has 0 fully saturated rings. The number of hydrogen-bond acceptors (Lipinski definition) is 5. The number of unbranched alkanes of at least 4 members (excludes halogenated alkanes) is 4. The molecular formula is C23H28N4O2S. The second-order valence-electron chi connectivity index (χ2n) is 6.94. The highest BCUT2D eigenvalue weighted by Crippen LogP contribution is 2.19. The summed E-state index contributed by atoms with van der Waals surface area (Å²) in [5.41, 5.74) is 5.26. The van der Waals surface area contributed by atoms with Gasteiger partial charge in [0.15, 0.2) is 5.16 Å². The van der Waals surface area contributed by atoms with Gasteiger partial charge >= 0.3 is 0 Å². The molecule has 2 aromatic carbocycles. The zero-order chi connectivity index (χ0) is 21.0. The van der Waals surface area contributed by atoms with Crippen LogP contribution in [0.5, 0.6) is 5.75 Å². The SMILES string of the molecule is CCCCCCCOc1ccccc1/C=N\NC(=O)CSc1nc2ccccc2[nH]1. The predicted molar refractivity (Wildman–Crippen MR) is 123 cm³/mol. The van der Waals surface area contributed by atoms with E-state index >= 15 is 0 Å². The fraction of sp³-hybridized carbons (Fsp3) is 0.348. The number of aromatic amines is 1. The number of nitrogens with zero attached hydrogens (tertiary/aromatic N) is 2. The summed E-state index contributed by atoms with van der Waals surface area (Å²) >= 11 is 1.35. The van der Waals surface area contributed by atoms with E-state index in [1.165, 1.54) is 37.4 Å². The summed E-state index contributed by atoms with van der Waals surface area (Å²) in [5, 5.41) is 4.79. The Morgan fingerprint density at radius 1 is 1.13 bits per heavy atom. The number of aromatic nitrogens is 2. The van der Waals surface area contributed by atoms with Gasteiger partial charge in [0.05, 0.1) is 29.6 Å². The molecule has 0 saturated carbocycles. The molecule has 2 N–H and O–H groups in total. The number of para-hydroxylation sites is 3. The first kappa shape index (κ1) is 21.9. The van der Waals surface area contributed by atoms with Gasteiger partial charge in [-0.05, 0) is 30.7 Å².